The number of hydrogen-bond acceptors (Lipinski definition) is 3. The van der Waals surface area contributed by atoms with Gasteiger partial charge in [0.15, 0.2) is 0 Å². The number of hydrogen-bond donors (Lipinski definition) is 1. The Morgan fingerprint density at radius 2 is 2.00 bits per heavy atom. The summed E-state index contributed by atoms with van der Waals surface area (Å²) in [5.41, 5.74) is 5.98. The first kappa shape index (κ1) is 14.8. The number of carbonyl (C=O) groups is 1. The zero-order chi connectivity index (χ0) is 13.9. The molecule has 4 nitrogen and oxygen atoms in total. The van der Waals surface area contributed by atoms with Gasteiger partial charge >= 0.3 is 0 Å². The highest BCUT2D eigenvalue weighted by Crippen LogP contribution is 2.43. The molecule has 2 rings (SSSR count). The Labute approximate surface area is 117 Å². The molecule has 19 heavy (non-hydrogen) atoms. The van der Waals surface area contributed by atoms with Gasteiger partial charge in [0, 0.05) is 20.0 Å². The highest BCUT2D eigenvalue weighted by atomic mass is 16.2. The predicted octanol–water partition coefficient (Wildman–Crippen LogP) is 1.31. The van der Waals surface area contributed by atoms with Gasteiger partial charge in [-0.05, 0) is 63.7 Å². The summed E-state index contributed by atoms with van der Waals surface area (Å²) in [4.78, 5) is 16.6. The molecule has 0 aromatic heterocycles. The Morgan fingerprint density at radius 1 is 1.37 bits per heavy atom. The number of likely N-dealkylation sites (tertiary alicyclic amines) is 1. The van der Waals surface area contributed by atoms with Crippen LogP contribution in [0.3, 0.4) is 0 Å². The topological polar surface area (TPSA) is 49.6 Å². The lowest BCUT2D eigenvalue weighted by molar-refractivity contribution is -0.134. The van der Waals surface area contributed by atoms with Crippen molar-refractivity contribution in [2.24, 2.45) is 17.1 Å². The number of rotatable bonds is 5. The van der Waals surface area contributed by atoms with Crippen molar-refractivity contribution < 1.29 is 4.79 Å². The van der Waals surface area contributed by atoms with E-state index in [1.807, 2.05) is 11.9 Å². The summed E-state index contributed by atoms with van der Waals surface area (Å²) >= 11 is 0. The molecule has 0 aromatic rings. The number of nitrogens with zero attached hydrogens (tertiary/aromatic N) is 2. The third-order valence-electron chi connectivity index (χ3n) is 5.17. The first-order valence-corrected chi connectivity index (χ1v) is 7.67. The van der Waals surface area contributed by atoms with Gasteiger partial charge in [0.25, 0.3) is 0 Å². The summed E-state index contributed by atoms with van der Waals surface area (Å²) in [6, 6.07) is 0. The minimum absolute atomic E-state index is 0.137. The third-order valence-corrected chi connectivity index (χ3v) is 5.17. The van der Waals surface area contributed by atoms with Gasteiger partial charge in [-0.15, -0.1) is 0 Å². The molecular formula is C15H29N3O. The molecule has 110 valence electrons. The van der Waals surface area contributed by atoms with Crippen molar-refractivity contribution in [2.45, 2.75) is 38.5 Å². The standard InChI is InChI=1S/C15H29N3O/c1-17-8-4-13(5-9-17)11-18(2)14(19)10-15(12-16)6-3-7-15/h13H,3-12,16H2,1-2H3. The summed E-state index contributed by atoms with van der Waals surface area (Å²) in [6.45, 7) is 3.92. The monoisotopic (exact) mass is 267 g/mol. The molecule has 1 heterocycles. The smallest absolute Gasteiger partial charge is 0.222 e. The van der Waals surface area contributed by atoms with Crippen LogP contribution in [-0.4, -0.2) is 56.0 Å². The molecule has 2 aliphatic rings. The largest absolute Gasteiger partial charge is 0.345 e. The van der Waals surface area contributed by atoms with Crippen molar-refractivity contribution in [1.82, 2.24) is 9.80 Å². The van der Waals surface area contributed by atoms with E-state index >= 15 is 0 Å². The molecule has 1 saturated carbocycles. The Morgan fingerprint density at radius 3 is 2.47 bits per heavy atom. The molecule has 0 bridgehead atoms. The molecule has 0 spiro atoms. The highest BCUT2D eigenvalue weighted by Gasteiger charge is 2.38. The van der Waals surface area contributed by atoms with E-state index in [9.17, 15) is 4.79 Å². The van der Waals surface area contributed by atoms with Gasteiger partial charge in [0.1, 0.15) is 0 Å². The van der Waals surface area contributed by atoms with Crippen LogP contribution < -0.4 is 5.73 Å². The van der Waals surface area contributed by atoms with Crippen molar-refractivity contribution in [2.75, 3.05) is 40.3 Å². The van der Waals surface area contributed by atoms with E-state index in [0.717, 1.165) is 19.4 Å². The van der Waals surface area contributed by atoms with Crippen LogP contribution in [0.2, 0.25) is 0 Å². The average Bonchev–Trinajstić information content (AvgIpc) is 2.36. The second-order valence-electron chi connectivity index (χ2n) is 6.76. The van der Waals surface area contributed by atoms with Crippen molar-refractivity contribution in [3.05, 3.63) is 0 Å². The number of piperidine rings is 1. The first-order valence-electron chi connectivity index (χ1n) is 7.67. The zero-order valence-electron chi connectivity index (χ0n) is 12.5. The minimum Gasteiger partial charge on any atom is -0.345 e. The highest BCUT2D eigenvalue weighted by molar-refractivity contribution is 5.76. The lowest BCUT2D eigenvalue weighted by Crippen LogP contribution is -2.44. The molecule has 1 saturated heterocycles. The van der Waals surface area contributed by atoms with Crippen molar-refractivity contribution >= 4 is 5.91 Å². The average molecular weight is 267 g/mol. The molecule has 0 unspecified atom stereocenters. The van der Waals surface area contributed by atoms with Crippen LogP contribution in [0.15, 0.2) is 0 Å². The van der Waals surface area contributed by atoms with E-state index in [2.05, 4.69) is 11.9 Å². The van der Waals surface area contributed by atoms with E-state index in [0.29, 0.717) is 24.8 Å². The maximum atomic E-state index is 12.3. The fourth-order valence-electron chi connectivity index (χ4n) is 3.32. The van der Waals surface area contributed by atoms with Gasteiger partial charge in [-0.2, -0.15) is 0 Å². The second kappa shape index (κ2) is 6.23. The summed E-state index contributed by atoms with van der Waals surface area (Å²) in [5.74, 6) is 0.976. The molecule has 1 amide bonds. The quantitative estimate of drug-likeness (QED) is 0.817. The van der Waals surface area contributed by atoms with E-state index in [1.54, 1.807) is 0 Å². The number of amides is 1. The van der Waals surface area contributed by atoms with Gasteiger partial charge in [-0.3, -0.25) is 4.79 Å². The third kappa shape index (κ3) is 3.69. The molecule has 2 N–H and O–H groups in total. The summed E-state index contributed by atoms with van der Waals surface area (Å²) in [6.07, 6.45) is 6.61. The van der Waals surface area contributed by atoms with Crippen LogP contribution in [0, 0.1) is 11.3 Å². The molecule has 0 atom stereocenters. The molecule has 0 aromatic carbocycles. The van der Waals surface area contributed by atoms with E-state index in [1.165, 1.54) is 32.4 Å². The van der Waals surface area contributed by atoms with Crippen LogP contribution in [-0.2, 0) is 4.79 Å². The van der Waals surface area contributed by atoms with Crippen molar-refractivity contribution in [3.63, 3.8) is 0 Å². The molecule has 4 heteroatoms. The van der Waals surface area contributed by atoms with Gasteiger partial charge in [-0.1, -0.05) is 6.42 Å². The van der Waals surface area contributed by atoms with Crippen LogP contribution in [0.1, 0.15) is 38.5 Å². The van der Waals surface area contributed by atoms with Crippen LogP contribution in [0.5, 0.6) is 0 Å². The summed E-state index contributed by atoms with van der Waals surface area (Å²) in [7, 11) is 4.14. The van der Waals surface area contributed by atoms with Crippen LogP contribution >= 0.6 is 0 Å². The van der Waals surface area contributed by atoms with Gasteiger partial charge in [0.2, 0.25) is 5.91 Å². The summed E-state index contributed by atoms with van der Waals surface area (Å²) in [5, 5.41) is 0. The maximum absolute atomic E-state index is 12.3. The molecule has 0 radical (unpaired) electrons. The van der Waals surface area contributed by atoms with Crippen molar-refractivity contribution in [3.8, 4) is 0 Å². The Bertz CT molecular complexity index is 301. The lowest BCUT2D eigenvalue weighted by atomic mass is 9.66. The van der Waals surface area contributed by atoms with Crippen LogP contribution in [0.25, 0.3) is 0 Å². The normalized spacial score (nSPS) is 23.9. The number of nitrogens with two attached hydrogens (primary N) is 1. The van der Waals surface area contributed by atoms with Crippen LogP contribution in [0.4, 0.5) is 0 Å². The minimum atomic E-state index is 0.137. The van der Waals surface area contributed by atoms with Gasteiger partial charge in [-0.25, -0.2) is 0 Å². The fourth-order valence-corrected chi connectivity index (χ4v) is 3.32. The van der Waals surface area contributed by atoms with E-state index in [-0.39, 0.29) is 5.41 Å². The molecular weight excluding hydrogens is 238 g/mol. The van der Waals surface area contributed by atoms with Gasteiger partial charge < -0.3 is 15.5 Å². The maximum Gasteiger partial charge on any atom is 0.222 e. The zero-order valence-corrected chi connectivity index (χ0v) is 12.5. The van der Waals surface area contributed by atoms with E-state index < -0.39 is 0 Å². The van der Waals surface area contributed by atoms with Gasteiger partial charge in [0.05, 0.1) is 0 Å². The Hall–Kier alpha value is -0.610. The molecule has 2 fully saturated rings. The van der Waals surface area contributed by atoms with E-state index in [4.69, 9.17) is 5.73 Å². The fraction of sp³-hybridized carbons (Fsp3) is 0.933. The second-order valence-corrected chi connectivity index (χ2v) is 6.76. The van der Waals surface area contributed by atoms with Crippen molar-refractivity contribution in [1.29, 1.82) is 0 Å². The predicted molar refractivity (Wildman–Crippen MR) is 77.8 cm³/mol. The first-order chi connectivity index (χ1) is 9.04. The SMILES string of the molecule is CN1CCC(CN(C)C(=O)CC2(CN)CCC2)CC1. The number of carbonyl (C=O) groups excluding carboxylic acids is 1. The lowest BCUT2D eigenvalue weighted by Gasteiger charge is -2.41. The Kier molecular flexibility index (Phi) is 4.85. The molecule has 1 aliphatic heterocycles. The Balaban J connectivity index is 1.76. The molecule has 1 aliphatic carbocycles. The summed E-state index contributed by atoms with van der Waals surface area (Å²) < 4.78 is 0.